The van der Waals surface area contributed by atoms with Gasteiger partial charge in [0.05, 0.1) is 0 Å². The maximum absolute atomic E-state index is 9.78. The Labute approximate surface area is 52.7 Å². The minimum Gasteiger partial charge on any atom is -0.385 e. The topological polar surface area (TPSA) is 77.8 Å². The summed E-state index contributed by atoms with van der Waals surface area (Å²) in [6, 6.07) is 0. The van der Waals surface area contributed by atoms with Gasteiger partial charge in [-0.25, -0.2) is 0 Å². The molecule has 0 spiro atoms. The molecule has 54 valence electrons. The zero-order valence-corrected chi connectivity index (χ0v) is 5.06. The van der Waals surface area contributed by atoms with Crippen LogP contribution in [0.15, 0.2) is 0 Å². The molecule has 0 aromatic rings. The van der Waals surface area contributed by atoms with Crippen molar-refractivity contribution in [3.05, 3.63) is 0 Å². The van der Waals surface area contributed by atoms with Crippen LogP contribution in [0.3, 0.4) is 0 Å². The molecule has 0 aromatic carbocycles. The van der Waals surface area contributed by atoms with E-state index in [2.05, 4.69) is 0 Å². The fourth-order valence-corrected chi connectivity index (χ4v) is 0.300. The molecule has 0 aliphatic rings. The standard InChI is InChI=1S/C5H10O4/c1-3(5(8)9)4(7)2-6/h2-5,7-9H,1H3. The van der Waals surface area contributed by atoms with Gasteiger partial charge in [-0.05, 0) is 0 Å². The van der Waals surface area contributed by atoms with E-state index < -0.39 is 18.3 Å². The lowest BCUT2D eigenvalue weighted by molar-refractivity contribution is -0.134. The van der Waals surface area contributed by atoms with Crippen LogP contribution in [-0.4, -0.2) is 34.0 Å². The molecule has 0 saturated heterocycles. The summed E-state index contributed by atoms with van der Waals surface area (Å²) in [7, 11) is 0. The van der Waals surface area contributed by atoms with Crippen LogP contribution < -0.4 is 0 Å². The van der Waals surface area contributed by atoms with Gasteiger partial charge in [-0.1, -0.05) is 6.92 Å². The van der Waals surface area contributed by atoms with Crippen molar-refractivity contribution in [1.29, 1.82) is 0 Å². The molecular weight excluding hydrogens is 124 g/mol. The number of aliphatic hydroxyl groups is 3. The van der Waals surface area contributed by atoms with E-state index in [-0.39, 0.29) is 6.29 Å². The second-order valence-corrected chi connectivity index (χ2v) is 1.90. The Kier molecular flexibility index (Phi) is 3.37. The molecule has 2 atom stereocenters. The first-order valence-corrected chi connectivity index (χ1v) is 2.59. The normalized spacial score (nSPS) is 17.4. The summed E-state index contributed by atoms with van der Waals surface area (Å²) in [4.78, 5) is 9.78. The molecule has 0 radical (unpaired) electrons. The predicted octanol–water partition coefficient (Wildman–Crippen LogP) is -1.51. The average Bonchev–Trinajstić information content (AvgIpc) is 1.84. The van der Waals surface area contributed by atoms with E-state index >= 15 is 0 Å². The molecule has 0 bridgehead atoms. The summed E-state index contributed by atoms with van der Waals surface area (Å²) in [6.45, 7) is 1.36. The second-order valence-electron chi connectivity index (χ2n) is 1.90. The van der Waals surface area contributed by atoms with E-state index in [1.54, 1.807) is 0 Å². The minimum atomic E-state index is -1.63. The summed E-state index contributed by atoms with van der Waals surface area (Å²) in [6.07, 6.45) is -2.65. The van der Waals surface area contributed by atoms with E-state index in [0.29, 0.717) is 0 Å². The molecule has 0 rings (SSSR count). The molecule has 0 amide bonds. The van der Waals surface area contributed by atoms with Gasteiger partial charge in [0.25, 0.3) is 0 Å². The summed E-state index contributed by atoms with van der Waals surface area (Å²) < 4.78 is 0. The molecule has 0 aliphatic carbocycles. The van der Waals surface area contributed by atoms with E-state index in [1.165, 1.54) is 6.92 Å². The van der Waals surface area contributed by atoms with Crippen LogP contribution in [0.25, 0.3) is 0 Å². The van der Waals surface area contributed by atoms with E-state index in [4.69, 9.17) is 15.3 Å². The Hall–Kier alpha value is -0.450. The molecule has 0 aromatic heterocycles. The highest BCUT2D eigenvalue weighted by Crippen LogP contribution is 2.03. The van der Waals surface area contributed by atoms with Gasteiger partial charge in [0, 0.05) is 5.92 Å². The third kappa shape index (κ3) is 2.55. The Balaban J connectivity index is 3.71. The third-order valence-electron chi connectivity index (χ3n) is 1.15. The molecule has 0 saturated carbocycles. The van der Waals surface area contributed by atoms with Gasteiger partial charge in [-0.3, -0.25) is 0 Å². The Bertz CT molecular complexity index is 91.0. The molecule has 4 heteroatoms. The van der Waals surface area contributed by atoms with Crippen LogP contribution in [0.5, 0.6) is 0 Å². The van der Waals surface area contributed by atoms with Gasteiger partial charge in [0.2, 0.25) is 0 Å². The maximum atomic E-state index is 9.78. The number of rotatable bonds is 3. The van der Waals surface area contributed by atoms with E-state index in [0.717, 1.165) is 0 Å². The lowest BCUT2D eigenvalue weighted by atomic mass is 10.1. The van der Waals surface area contributed by atoms with Crippen molar-refractivity contribution in [3.8, 4) is 0 Å². The zero-order valence-electron chi connectivity index (χ0n) is 5.06. The molecular formula is C5H10O4. The van der Waals surface area contributed by atoms with Crippen molar-refractivity contribution < 1.29 is 20.1 Å². The van der Waals surface area contributed by atoms with E-state index in [9.17, 15) is 4.79 Å². The van der Waals surface area contributed by atoms with Crippen molar-refractivity contribution in [1.82, 2.24) is 0 Å². The Morgan fingerprint density at radius 2 is 1.78 bits per heavy atom. The third-order valence-corrected chi connectivity index (χ3v) is 1.15. The molecule has 2 unspecified atom stereocenters. The van der Waals surface area contributed by atoms with Gasteiger partial charge in [0.15, 0.2) is 6.29 Å². The van der Waals surface area contributed by atoms with Gasteiger partial charge >= 0.3 is 0 Å². The van der Waals surface area contributed by atoms with Crippen LogP contribution in [-0.2, 0) is 4.79 Å². The lowest BCUT2D eigenvalue weighted by Crippen LogP contribution is -2.29. The molecule has 0 heterocycles. The van der Waals surface area contributed by atoms with Crippen molar-refractivity contribution >= 4 is 6.29 Å². The minimum absolute atomic E-state index is 0.268. The summed E-state index contributed by atoms with van der Waals surface area (Å²) >= 11 is 0. The monoisotopic (exact) mass is 134 g/mol. The average molecular weight is 134 g/mol. The first kappa shape index (κ1) is 8.55. The fourth-order valence-electron chi connectivity index (χ4n) is 0.300. The highest BCUT2D eigenvalue weighted by molar-refractivity contribution is 5.55. The number of carbonyl (C=O) groups is 1. The van der Waals surface area contributed by atoms with E-state index in [1.807, 2.05) is 0 Å². The van der Waals surface area contributed by atoms with Crippen molar-refractivity contribution in [2.45, 2.75) is 19.3 Å². The van der Waals surface area contributed by atoms with Crippen LogP contribution in [0.2, 0.25) is 0 Å². The molecule has 4 nitrogen and oxygen atoms in total. The van der Waals surface area contributed by atoms with Gasteiger partial charge < -0.3 is 20.1 Å². The number of aldehydes is 1. The predicted molar refractivity (Wildman–Crippen MR) is 29.5 cm³/mol. The summed E-state index contributed by atoms with van der Waals surface area (Å²) in [5.41, 5.74) is 0. The largest absolute Gasteiger partial charge is 0.385 e. The Morgan fingerprint density at radius 3 is 1.89 bits per heavy atom. The summed E-state index contributed by atoms with van der Waals surface area (Å²) in [5.74, 6) is -0.817. The molecule has 0 aliphatic heterocycles. The molecule has 3 N–H and O–H groups in total. The fraction of sp³-hybridized carbons (Fsp3) is 0.800. The number of hydrogen-bond acceptors (Lipinski definition) is 4. The number of carbonyl (C=O) groups excluding carboxylic acids is 1. The van der Waals surface area contributed by atoms with Gasteiger partial charge in [-0.2, -0.15) is 0 Å². The molecule has 9 heavy (non-hydrogen) atoms. The zero-order chi connectivity index (χ0) is 7.44. The second kappa shape index (κ2) is 3.55. The smallest absolute Gasteiger partial charge is 0.156 e. The van der Waals surface area contributed by atoms with Crippen molar-refractivity contribution in [3.63, 3.8) is 0 Å². The quantitative estimate of drug-likeness (QED) is 0.324. The summed E-state index contributed by atoms with van der Waals surface area (Å²) in [5, 5.41) is 25.3. The van der Waals surface area contributed by atoms with Crippen molar-refractivity contribution in [2.75, 3.05) is 0 Å². The lowest BCUT2D eigenvalue weighted by Gasteiger charge is -2.14. The Morgan fingerprint density at radius 1 is 1.33 bits per heavy atom. The van der Waals surface area contributed by atoms with Crippen LogP contribution >= 0.6 is 0 Å². The SMILES string of the molecule is CC(C(O)O)C(O)C=O. The van der Waals surface area contributed by atoms with Crippen LogP contribution in [0, 0.1) is 5.92 Å². The van der Waals surface area contributed by atoms with Gasteiger partial charge in [0.1, 0.15) is 12.4 Å². The highest BCUT2D eigenvalue weighted by atomic mass is 16.5. The van der Waals surface area contributed by atoms with Crippen molar-refractivity contribution in [2.24, 2.45) is 5.92 Å². The first-order chi connectivity index (χ1) is 4.09. The number of hydrogen-bond donors (Lipinski definition) is 3. The highest BCUT2D eigenvalue weighted by Gasteiger charge is 2.18. The number of aliphatic hydroxyl groups excluding tert-OH is 2. The van der Waals surface area contributed by atoms with Gasteiger partial charge in [-0.15, -0.1) is 0 Å². The maximum Gasteiger partial charge on any atom is 0.156 e. The first-order valence-electron chi connectivity index (χ1n) is 2.59. The van der Waals surface area contributed by atoms with Crippen LogP contribution in [0.1, 0.15) is 6.92 Å². The molecule has 0 fully saturated rings. The van der Waals surface area contributed by atoms with Crippen LogP contribution in [0.4, 0.5) is 0 Å².